The van der Waals surface area contributed by atoms with Crippen LogP contribution in [0.2, 0.25) is 0 Å². The van der Waals surface area contributed by atoms with Crippen LogP contribution in [0.4, 0.5) is 10.2 Å². The molecule has 2 aliphatic carbocycles. The van der Waals surface area contributed by atoms with Crippen molar-refractivity contribution in [2.75, 3.05) is 25.1 Å². The smallest absolute Gasteiger partial charge is 0.223 e. The molecule has 2 aromatic rings. The Morgan fingerprint density at radius 1 is 1.25 bits per heavy atom. The van der Waals surface area contributed by atoms with E-state index in [2.05, 4.69) is 21.3 Å². The number of aromatic nitrogens is 1. The van der Waals surface area contributed by atoms with Crippen LogP contribution < -0.4 is 19.7 Å². The maximum atomic E-state index is 13.5. The highest BCUT2D eigenvalue weighted by molar-refractivity contribution is 5.80. The van der Waals surface area contributed by atoms with Crippen molar-refractivity contribution in [2.45, 2.75) is 37.8 Å². The molecule has 3 fully saturated rings. The summed E-state index contributed by atoms with van der Waals surface area (Å²) in [4.78, 5) is 19.1. The first-order chi connectivity index (χ1) is 15.5. The normalized spacial score (nSPS) is 23.3. The van der Waals surface area contributed by atoms with Crippen molar-refractivity contribution in [1.29, 1.82) is 5.26 Å². The average molecular weight is 436 g/mol. The molecular weight excluding hydrogens is 411 g/mol. The number of ether oxygens (including phenoxy) is 2. The second-order valence-corrected chi connectivity index (χ2v) is 9.19. The third-order valence-electron chi connectivity index (χ3n) is 6.84. The number of benzene rings is 1. The minimum absolute atomic E-state index is 0.0630. The van der Waals surface area contributed by atoms with Gasteiger partial charge in [0.15, 0.2) is 11.5 Å². The number of hydrogen-bond acceptors (Lipinski definition) is 6. The van der Waals surface area contributed by atoms with Crippen LogP contribution in [0.25, 0.3) is 0 Å². The Morgan fingerprint density at radius 3 is 2.75 bits per heavy atom. The lowest BCUT2D eigenvalue weighted by Gasteiger charge is -2.59. The number of methoxy groups -OCH3 is 1. The monoisotopic (exact) mass is 436 g/mol. The summed E-state index contributed by atoms with van der Waals surface area (Å²) < 4.78 is 24.5. The molecule has 1 N–H and O–H groups in total. The van der Waals surface area contributed by atoms with Crippen molar-refractivity contribution >= 4 is 11.7 Å². The Morgan fingerprint density at radius 2 is 2.03 bits per heavy atom. The molecule has 0 atom stereocenters. The van der Waals surface area contributed by atoms with E-state index in [0.717, 1.165) is 31.7 Å². The van der Waals surface area contributed by atoms with Crippen LogP contribution >= 0.6 is 0 Å². The number of nitrogens with zero attached hydrogens (tertiary/aromatic N) is 3. The number of halogens is 1. The molecule has 3 aliphatic rings. The Kier molecular flexibility index (Phi) is 5.12. The molecule has 0 bridgehead atoms. The summed E-state index contributed by atoms with van der Waals surface area (Å²) in [5.41, 5.74) is 0.870. The Hall–Kier alpha value is -3.34. The zero-order valence-electron chi connectivity index (χ0n) is 17.9. The van der Waals surface area contributed by atoms with Crippen molar-refractivity contribution in [3.8, 4) is 17.6 Å². The first-order valence-corrected chi connectivity index (χ1v) is 10.9. The molecule has 1 aliphatic heterocycles. The van der Waals surface area contributed by atoms with Gasteiger partial charge in [0.05, 0.1) is 18.7 Å². The van der Waals surface area contributed by atoms with Gasteiger partial charge in [-0.15, -0.1) is 0 Å². The van der Waals surface area contributed by atoms with Crippen molar-refractivity contribution in [1.82, 2.24) is 10.3 Å². The summed E-state index contributed by atoms with van der Waals surface area (Å²) in [7, 11) is 1.52. The van der Waals surface area contributed by atoms with Crippen molar-refractivity contribution in [2.24, 2.45) is 11.3 Å². The molecule has 2 heterocycles. The van der Waals surface area contributed by atoms with Gasteiger partial charge in [-0.1, -0.05) is 0 Å². The molecule has 1 amide bonds. The van der Waals surface area contributed by atoms with Gasteiger partial charge in [0.25, 0.3) is 0 Å². The zero-order chi connectivity index (χ0) is 22.3. The molecule has 8 heteroatoms. The van der Waals surface area contributed by atoms with E-state index in [1.54, 1.807) is 12.3 Å². The molecule has 166 valence electrons. The van der Waals surface area contributed by atoms with Crippen LogP contribution in [0, 0.1) is 28.5 Å². The summed E-state index contributed by atoms with van der Waals surface area (Å²) in [6.07, 6.45) is 4.75. The van der Waals surface area contributed by atoms with E-state index in [-0.39, 0.29) is 35.2 Å². The van der Waals surface area contributed by atoms with E-state index in [9.17, 15) is 9.18 Å². The number of hydrogen-bond donors (Lipinski definition) is 1. The second kappa shape index (κ2) is 7.97. The van der Waals surface area contributed by atoms with Crippen molar-refractivity contribution in [3.63, 3.8) is 0 Å². The van der Waals surface area contributed by atoms with Gasteiger partial charge in [0.1, 0.15) is 17.7 Å². The maximum Gasteiger partial charge on any atom is 0.223 e. The van der Waals surface area contributed by atoms with E-state index >= 15 is 0 Å². The van der Waals surface area contributed by atoms with Gasteiger partial charge < -0.3 is 19.7 Å². The van der Waals surface area contributed by atoms with Crippen LogP contribution in [0.1, 0.15) is 31.2 Å². The van der Waals surface area contributed by atoms with Gasteiger partial charge in [-0.2, -0.15) is 5.26 Å². The molecule has 1 spiro atoms. The molecular formula is C24H25FN4O3. The quantitative estimate of drug-likeness (QED) is 0.749. The molecule has 1 aromatic carbocycles. The largest absolute Gasteiger partial charge is 0.493 e. The summed E-state index contributed by atoms with van der Waals surface area (Å²) in [6, 6.07) is 10.1. The van der Waals surface area contributed by atoms with E-state index in [4.69, 9.17) is 14.7 Å². The lowest BCUT2D eigenvalue weighted by atomic mass is 9.60. The predicted molar refractivity (Wildman–Crippen MR) is 115 cm³/mol. The van der Waals surface area contributed by atoms with E-state index in [1.165, 1.54) is 25.3 Å². The van der Waals surface area contributed by atoms with E-state index in [1.807, 2.05) is 6.07 Å². The van der Waals surface area contributed by atoms with Gasteiger partial charge in [0.2, 0.25) is 5.91 Å². The number of rotatable bonds is 6. The van der Waals surface area contributed by atoms with Crippen LogP contribution in [-0.4, -0.2) is 43.2 Å². The first-order valence-electron chi connectivity index (χ1n) is 10.9. The molecule has 1 saturated heterocycles. The molecule has 0 unspecified atom stereocenters. The fourth-order valence-electron chi connectivity index (χ4n) is 5.05. The minimum atomic E-state index is -0.378. The fraction of sp³-hybridized carbons (Fsp3) is 0.458. The number of anilines is 1. The Balaban J connectivity index is 1.04. The van der Waals surface area contributed by atoms with Gasteiger partial charge in [-0.3, -0.25) is 4.79 Å². The third kappa shape index (κ3) is 3.83. The molecule has 1 aromatic heterocycles. The number of pyridine rings is 1. The number of carbonyl (C=O) groups excluding carboxylic acids is 1. The standard InChI is InChI=1S/C24H25FN4O3/c1-31-20-3-2-17(25)9-21(20)32-19-7-16(8-19)23(30)28-18-10-24(11-18)13-29(14-24)22-6-15(12-26)4-5-27-22/h2-6,9,16,18-19H,7-8,10-11,13-14H2,1H3,(H,28,30). The molecule has 32 heavy (non-hydrogen) atoms. The van der Waals surface area contributed by atoms with Gasteiger partial charge in [-0.25, -0.2) is 9.37 Å². The van der Waals surface area contributed by atoms with Crippen LogP contribution in [0.15, 0.2) is 36.5 Å². The van der Waals surface area contributed by atoms with Gasteiger partial charge >= 0.3 is 0 Å². The maximum absolute atomic E-state index is 13.5. The molecule has 7 nitrogen and oxygen atoms in total. The van der Waals surface area contributed by atoms with E-state index < -0.39 is 0 Å². The highest BCUT2D eigenvalue weighted by atomic mass is 19.1. The van der Waals surface area contributed by atoms with Crippen molar-refractivity contribution < 1.29 is 18.7 Å². The number of carbonyl (C=O) groups is 1. The third-order valence-corrected chi connectivity index (χ3v) is 6.84. The summed E-state index contributed by atoms with van der Waals surface area (Å²) in [5, 5.41) is 12.2. The first kappa shape index (κ1) is 20.6. The zero-order valence-corrected chi connectivity index (χ0v) is 17.9. The number of amides is 1. The van der Waals surface area contributed by atoms with Crippen LogP contribution in [-0.2, 0) is 4.79 Å². The lowest BCUT2D eigenvalue weighted by Crippen LogP contribution is -2.67. The van der Waals surface area contributed by atoms with Crippen molar-refractivity contribution in [3.05, 3.63) is 47.9 Å². The summed E-state index contributed by atoms with van der Waals surface area (Å²) in [5.74, 6) is 1.35. The van der Waals surface area contributed by atoms with Gasteiger partial charge in [0, 0.05) is 42.7 Å². The topological polar surface area (TPSA) is 87.5 Å². The lowest BCUT2D eigenvalue weighted by molar-refractivity contribution is -0.133. The SMILES string of the molecule is COc1ccc(F)cc1OC1CC(C(=O)NC2CC3(C2)CN(c2cc(C#N)ccn2)C3)C1. The highest BCUT2D eigenvalue weighted by Gasteiger charge is 2.53. The van der Waals surface area contributed by atoms with Crippen LogP contribution in [0.3, 0.4) is 0 Å². The number of nitrogens with one attached hydrogen (secondary N) is 1. The molecule has 2 saturated carbocycles. The van der Waals surface area contributed by atoms with Crippen LogP contribution in [0.5, 0.6) is 11.5 Å². The molecule has 0 radical (unpaired) electrons. The summed E-state index contributed by atoms with van der Waals surface area (Å²) >= 11 is 0. The highest BCUT2D eigenvalue weighted by Crippen LogP contribution is 2.49. The average Bonchev–Trinajstić information content (AvgIpc) is 2.71. The Bertz CT molecular complexity index is 1070. The fourth-order valence-corrected chi connectivity index (χ4v) is 5.05. The Labute approximate surface area is 186 Å². The van der Waals surface area contributed by atoms with Gasteiger partial charge in [-0.05, 0) is 49.9 Å². The van der Waals surface area contributed by atoms with E-state index in [0.29, 0.717) is 29.9 Å². The minimum Gasteiger partial charge on any atom is -0.493 e. The second-order valence-electron chi connectivity index (χ2n) is 9.19. The molecule has 5 rings (SSSR count). The summed E-state index contributed by atoms with van der Waals surface area (Å²) in [6.45, 7) is 1.83. The predicted octanol–water partition coefficient (Wildman–Crippen LogP) is 3.04. The number of nitriles is 1.